The van der Waals surface area contributed by atoms with Gasteiger partial charge in [-0.1, -0.05) is 37.3 Å². The summed E-state index contributed by atoms with van der Waals surface area (Å²) in [5, 5.41) is 9.93. The van der Waals surface area contributed by atoms with E-state index in [1.165, 1.54) is 5.56 Å². The molecule has 3 rings (SSSR count). The largest absolute Gasteiger partial charge is 0.286 e. The van der Waals surface area contributed by atoms with Crippen LogP contribution in [0, 0.1) is 0 Å². The molecule has 0 aliphatic rings. The predicted molar refractivity (Wildman–Crippen MR) is 75.4 cm³/mol. The van der Waals surface area contributed by atoms with E-state index in [0.717, 1.165) is 22.8 Å². The van der Waals surface area contributed by atoms with E-state index in [1.807, 2.05) is 12.1 Å². The van der Waals surface area contributed by atoms with Crippen LogP contribution in [0.1, 0.15) is 25.3 Å². The zero-order valence-corrected chi connectivity index (χ0v) is 11.4. The van der Waals surface area contributed by atoms with Gasteiger partial charge >= 0.3 is 0 Å². The van der Waals surface area contributed by atoms with E-state index in [2.05, 4.69) is 45.8 Å². The SMILES string of the molecule is CC(C)c1cccc(-c2nsc3c(=O)[nH]nnc23)c1. The van der Waals surface area contributed by atoms with Crippen LogP contribution in [0.4, 0.5) is 0 Å². The molecule has 0 amide bonds. The van der Waals surface area contributed by atoms with Gasteiger partial charge < -0.3 is 0 Å². The molecule has 6 heteroatoms. The van der Waals surface area contributed by atoms with Gasteiger partial charge in [0.2, 0.25) is 0 Å². The molecule has 0 aliphatic heterocycles. The van der Waals surface area contributed by atoms with Crippen molar-refractivity contribution >= 4 is 21.7 Å². The molecule has 0 bridgehead atoms. The highest BCUT2D eigenvalue weighted by atomic mass is 32.1. The van der Waals surface area contributed by atoms with Crippen molar-refractivity contribution in [3.63, 3.8) is 0 Å². The molecule has 0 saturated carbocycles. The van der Waals surface area contributed by atoms with Gasteiger partial charge in [-0.2, -0.15) is 4.37 Å². The van der Waals surface area contributed by atoms with E-state index in [1.54, 1.807) is 0 Å². The number of rotatable bonds is 2. The lowest BCUT2D eigenvalue weighted by Crippen LogP contribution is -2.07. The molecule has 96 valence electrons. The van der Waals surface area contributed by atoms with Gasteiger partial charge in [0, 0.05) is 5.56 Å². The number of aromatic amines is 1. The third-order valence-electron chi connectivity index (χ3n) is 3.00. The van der Waals surface area contributed by atoms with Crippen molar-refractivity contribution in [1.82, 2.24) is 19.8 Å². The number of nitrogens with one attached hydrogen (secondary N) is 1. The molecule has 2 aromatic heterocycles. The van der Waals surface area contributed by atoms with Crippen LogP contribution in [-0.4, -0.2) is 19.8 Å². The monoisotopic (exact) mass is 272 g/mol. The van der Waals surface area contributed by atoms with Gasteiger partial charge in [-0.05, 0) is 29.1 Å². The maximum absolute atomic E-state index is 11.6. The van der Waals surface area contributed by atoms with E-state index >= 15 is 0 Å². The Kier molecular flexibility index (Phi) is 2.87. The second-order valence-electron chi connectivity index (χ2n) is 4.63. The van der Waals surface area contributed by atoms with Crippen molar-refractivity contribution in [3.8, 4) is 11.3 Å². The summed E-state index contributed by atoms with van der Waals surface area (Å²) in [6.45, 7) is 4.28. The Labute approximate surface area is 113 Å². The number of aromatic nitrogens is 4. The van der Waals surface area contributed by atoms with E-state index in [-0.39, 0.29) is 5.56 Å². The molecule has 0 unspecified atom stereocenters. The quantitative estimate of drug-likeness (QED) is 0.778. The zero-order valence-electron chi connectivity index (χ0n) is 10.5. The molecule has 1 N–H and O–H groups in total. The van der Waals surface area contributed by atoms with E-state index < -0.39 is 0 Å². The van der Waals surface area contributed by atoms with Crippen LogP contribution >= 0.6 is 11.5 Å². The second-order valence-corrected chi connectivity index (χ2v) is 5.40. The van der Waals surface area contributed by atoms with Crippen LogP contribution in [0.2, 0.25) is 0 Å². The highest BCUT2D eigenvalue weighted by Gasteiger charge is 2.13. The van der Waals surface area contributed by atoms with Crippen LogP contribution < -0.4 is 5.56 Å². The first-order chi connectivity index (χ1) is 9.16. The molecule has 19 heavy (non-hydrogen) atoms. The molecular formula is C13H12N4OS. The Balaban J connectivity index is 2.22. The molecule has 0 aliphatic carbocycles. The van der Waals surface area contributed by atoms with Crippen LogP contribution in [0.5, 0.6) is 0 Å². The summed E-state index contributed by atoms with van der Waals surface area (Å²) >= 11 is 1.15. The standard InChI is InChI=1S/C13H12N4OS/c1-7(2)8-4-3-5-9(6-8)10-11-12(19-16-10)13(18)15-17-14-11/h3-7H,1-2H3,(H,14,15,18). The third-order valence-corrected chi connectivity index (χ3v) is 3.84. The fraction of sp³-hybridized carbons (Fsp3) is 0.231. The Morgan fingerprint density at radius 1 is 1.32 bits per heavy atom. The van der Waals surface area contributed by atoms with Crippen molar-refractivity contribution in [2.45, 2.75) is 19.8 Å². The summed E-state index contributed by atoms with van der Waals surface area (Å²) in [4.78, 5) is 11.6. The molecule has 1 aromatic carbocycles. The maximum Gasteiger partial charge on any atom is 0.286 e. The lowest BCUT2D eigenvalue weighted by atomic mass is 9.99. The lowest BCUT2D eigenvalue weighted by Gasteiger charge is -2.06. The van der Waals surface area contributed by atoms with Crippen molar-refractivity contribution < 1.29 is 0 Å². The van der Waals surface area contributed by atoms with E-state index in [0.29, 0.717) is 16.1 Å². The molecule has 0 atom stereocenters. The van der Waals surface area contributed by atoms with Gasteiger partial charge in [0.05, 0.1) is 0 Å². The van der Waals surface area contributed by atoms with Crippen LogP contribution in [0.25, 0.3) is 21.5 Å². The zero-order chi connectivity index (χ0) is 13.4. The Hall–Kier alpha value is -2.08. The lowest BCUT2D eigenvalue weighted by molar-refractivity contribution is 0.866. The Morgan fingerprint density at radius 3 is 2.95 bits per heavy atom. The maximum atomic E-state index is 11.6. The van der Waals surface area contributed by atoms with Crippen LogP contribution in [0.3, 0.4) is 0 Å². The topological polar surface area (TPSA) is 71.5 Å². The smallest absolute Gasteiger partial charge is 0.266 e. The predicted octanol–water partition coefficient (Wildman–Crippen LogP) is 2.57. The Bertz CT molecular complexity index is 790. The molecule has 2 heterocycles. The molecule has 0 radical (unpaired) electrons. The molecule has 5 nitrogen and oxygen atoms in total. The fourth-order valence-corrected chi connectivity index (χ4v) is 2.66. The highest BCUT2D eigenvalue weighted by molar-refractivity contribution is 7.13. The average Bonchev–Trinajstić information content (AvgIpc) is 2.84. The van der Waals surface area contributed by atoms with Gasteiger partial charge in [0.1, 0.15) is 15.9 Å². The average molecular weight is 272 g/mol. The Morgan fingerprint density at radius 2 is 2.16 bits per heavy atom. The molecule has 0 spiro atoms. The second kappa shape index (κ2) is 4.55. The molecular weight excluding hydrogens is 260 g/mol. The number of hydrogen-bond donors (Lipinski definition) is 1. The van der Waals surface area contributed by atoms with Gasteiger partial charge in [-0.15, -0.1) is 5.10 Å². The summed E-state index contributed by atoms with van der Waals surface area (Å²) in [6, 6.07) is 8.14. The van der Waals surface area contributed by atoms with Crippen molar-refractivity contribution in [2.75, 3.05) is 0 Å². The molecule has 3 aromatic rings. The van der Waals surface area contributed by atoms with Gasteiger partial charge in [-0.3, -0.25) is 4.79 Å². The van der Waals surface area contributed by atoms with Crippen LogP contribution in [0.15, 0.2) is 29.1 Å². The first kappa shape index (κ1) is 12.0. The normalized spacial score (nSPS) is 11.3. The van der Waals surface area contributed by atoms with Crippen molar-refractivity contribution in [2.24, 2.45) is 0 Å². The number of hydrogen-bond acceptors (Lipinski definition) is 5. The van der Waals surface area contributed by atoms with Gasteiger partial charge in [0.15, 0.2) is 0 Å². The number of H-pyrrole nitrogens is 1. The van der Waals surface area contributed by atoms with Crippen LogP contribution in [-0.2, 0) is 0 Å². The van der Waals surface area contributed by atoms with E-state index in [9.17, 15) is 4.79 Å². The molecule has 0 fully saturated rings. The highest BCUT2D eigenvalue weighted by Crippen LogP contribution is 2.28. The van der Waals surface area contributed by atoms with Gasteiger partial charge in [0.25, 0.3) is 5.56 Å². The summed E-state index contributed by atoms with van der Waals surface area (Å²) in [6.07, 6.45) is 0. The first-order valence-corrected chi connectivity index (χ1v) is 6.75. The number of nitrogens with zero attached hydrogens (tertiary/aromatic N) is 3. The van der Waals surface area contributed by atoms with Gasteiger partial charge in [-0.25, -0.2) is 5.10 Å². The molecule has 0 saturated heterocycles. The minimum atomic E-state index is -0.242. The van der Waals surface area contributed by atoms with Crippen molar-refractivity contribution in [1.29, 1.82) is 0 Å². The summed E-state index contributed by atoms with van der Waals surface area (Å²) in [7, 11) is 0. The van der Waals surface area contributed by atoms with Crippen molar-refractivity contribution in [3.05, 3.63) is 40.2 Å². The third kappa shape index (κ3) is 2.04. The minimum Gasteiger partial charge on any atom is -0.266 e. The summed E-state index contributed by atoms with van der Waals surface area (Å²) in [5.74, 6) is 0.444. The summed E-state index contributed by atoms with van der Waals surface area (Å²) in [5.41, 5.74) is 3.25. The summed E-state index contributed by atoms with van der Waals surface area (Å²) < 4.78 is 4.86. The minimum absolute atomic E-state index is 0.242. The number of fused-ring (bicyclic) bond motifs is 1. The van der Waals surface area contributed by atoms with E-state index in [4.69, 9.17) is 0 Å². The fourth-order valence-electron chi connectivity index (χ4n) is 1.93. The number of benzene rings is 1. The first-order valence-electron chi connectivity index (χ1n) is 5.98.